The van der Waals surface area contributed by atoms with Crippen molar-refractivity contribution in [3.05, 3.63) is 35.4 Å². The number of rotatable bonds is 14. The Morgan fingerprint density at radius 3 is 1.65 bits per heavy atom. The van der Waals surface area contributed by atoms with Crippen LogP contribution in [-0.2, 0) is 34.9 Å². The summed E-state index contributed by atoms with van der Waals surface area (Å²) in [5, 5.41) is 8.37. The molecule has 0 aromatic heterocycles. The fourth-order valence-electron chi connectivity index (χ4n) is 2.33. The van der Waals surface area contributed by atoms with E-state index in [0.29, 0.717) is 46.2 Å². The Morgan fingerprint density at radius 1 is 0.839 bits per heavy atom. The van der Waals surface area contributed by atoms with Crippen LogP contribution in [-0.4, -0.2) is 70.1 Å². The van der Waals surface area contributed by atoms with Crippen LogP contribution in [0.25, 0.3) is 0 Å². The zero-order valence-corrected chi connectivity index (χ0v) is 18.9. The largest absolute Gasteiger partial charge is 0.394 e. The predicted molar refractivity (Wildman–Crippen MR) is 117 cm³/mol. The van der Waals surface area contributed by atoms with Gasteiger partial charge in [-0.05, 0) is 38.8 Å². The third-order valence-electron chi connectivity index (χ3n) is 4.17. The highest BCUT2D eigenvalue weighted by atomic mass is 16.5. The molecule has 0 fully saturated rings. The second-order valence-electron chi connectivity index (χ2n) is 7.45. The van der Waals surface area contributed by atoms with Crippen molar-refractivity contribution in [2.75, 3.05) is 52.8 Å². The first-order valence-electron chi connectivity index (χ1n) is 10.1. The summed E-state index contributed by atoms with van der Waals surface area (Å²) in [5.41, 5.74) is 5.68. The summed E-state index contributed by atoms with van der Waals surface area (Å²) in [6.45, 7) is 11.0. The Balaban J connectivity index is 0.000000615. The summed E-state index contributed by atoms with van der Waals surface area (Å²) < 4.78 is 15.2. The minimum Gasteiger partial charge on any atom is -0.394 e. The summed E-state index contributed by atoms with van der Waals surface area (Å²) in [6, 6.07) is 7.51. The van der Waals surface area contributed by atoms with Gasteiger partial charge in [-0.1, -0.05) is 24.3 Å². The van der Waals surface area contributed by atoms with Gasteiger partial charge < -0.3 is 25.1 Å². The van der Waals surface area contributed by atoms with E-state index in [1.54, 1.807) is 12.2 Å². The smallest absolute Gasteiger partial charge is 0.235 e. The number of ether oxygens (including phenoxy) is 3. The van der Waals surface area contributed by atoms with Crippen molar-refractivity contribution in [3.8, 4) is 0 Å². The average molecular weight is 438 g/mol. The molecule has 31 heavy (non-hydrogen) atoms. The Kier molecular flexibility index (Phi) is 15.3. The van der Waals surface area contributed by atoms with Gasteiger partial charge in [-0.15, -0.1) is 0 Å². The summed E-state index contributed by atoms with van der Waals surface area (Å²) in [7, 11) is 0. The number of carbonyl (C=O) groups excluding carboxylic acids is 2. The van der Waals surface area contributed by atoms with E-state index in [9.17, 15) is 9.59 Å². The standard InChI is InChI=1S/C14H16N2O2.C8H19NO4/c1-13(2,15-9-17)11-6-5-7-12(8-11)14(3,4)16-10-18;9-1-3-11-5-7-13-8-6-12-4-2-10/h5-8H,1-4H3;10H,1-9H2. The number of hydrogen-bond acceptors (Lipinski definition) is 9. The maximum atomic E-state index is 10.4. The summed E-state index contributed by atoms with van der Waals surface area (Å²) >= 11 is 0. The van der Waals surface area contributed by atoms with Crippen LogP contribution < -0.4 is 5.73 Å². The molecule has 9 heteroatoms. The van der Waals surface area contributed by atoms with E-state index in [-0.39, 0.29) is 6.61 Å². The second kappa shape index (κ2) is 16.5. The van der Waals surface area contributed by atoms with Gasteiger partial charge in [0.05, 0.1) is 57.3 Å². The SMILES string of the molecule is CC(C)(N=C=O)c1cccc(C(C)(C)N=C=O)c1.NCCOCCOCCOCCO. The highest BCUT2D eigenvalue weighted by Crippen LogP contribution is 2.30. The molecule has 3 N–H and O–H groups in total. The molecule has 0 radical (unpaired) electrons. The van der Waals surface area contributed by atoms with E-state index in [2.05, 4.69) is 9.98 Å². The average Bonchev–Trinajstić information content (AvgIpc) is 2.73. The number of nitrogens with two attached hydrogens (primary N) is 1. The molecule has 0 spiro atoms. The first-order valence-corrected chi connectivity index (χ1v) is 10.1. The third kappa shape index (κ3) is 12.9. The number of aliphatic hydroxyl groups excluding tert-OH is 1. The minimum absolute atomic E-state index is 0.0552. The fraction of sp³-hybridized carbons (Fsp3) is 0.636. The van der Waals surface area contributed by atoms with Gasteiger partial charge in [0.25, 0.3) is 0 Å². The van der Waals surface area contributed by atoms with E-state index in [0.717, 1.165) is 11.1 Å². The molecule has 1 aromatic carbocycles. The summed E-state index contributed by atoms with van der Waals surface area (Å²) in [5.74, 6) is 0. The number of hydrogen-bond donors (Lipinski definition) is 2. The van der Waals surface area contributed by atoms with E-state index >= 15 is 0 Å². The molecule has 174 valence electrons. The molecule has 1 rings (SSSR count). The van der Waals surface area contributed by atoms with Crippen LogP contribution >= 0.6 is 0 Å². The number of aliphatic hydroxyl groups is 1. The van der Waals surface area contributed by atoms with Crippen LogP contribution in [0.3, 0.4) is 0 Å². The lowest BCUT2D eigenvalue weighted by atomic mass is 9.88. The lowest BCUT2D eigenvalue weighted by molar-refractivity contribution is 0.00888. The topological polar surface area (TPSA) is 133 Å². The highest BCUT2D eigenvalue weighted by Gasteiger charge is 2.24. The minimum atomic E-state index is -0.640. The molecule has 0 atom stereocenters. The molecular weight excluding hydrogens is 402 g/mol. The van der Waals surface area contributed by atoms with Crippen molar-refractivity contribution in [3.63, 3.8) is 0 Å². The lowest BCUT2D eigenvalue weighted by Gasteiger charge is -2.23. The monoisotopic (exact) mass is 437 g/mol. The molecule has 0 saturated heterocycles. The van der Waals surface area contributed by atoms with Gasteiger partial charge in [0.1, 0.15) is 0 Å². The fourth-order valence-corrected chi connectivity index (χ4v) is 2.33. The van der Waals surface area contributed by atoms with Crippen LogP contribution in [0.4, 0.5) is 0 Å². The maximum Gasteiger partial charge on any atom is 0.235 e. The molecule has 1 aromatic rings. The maximum absolute atomic E-state index is 10.4. The van der Waals surface area contributed by atoms with Crippen LogP contribution in [0, 0.1) is 0 Å². The molecule has 0 unspecified atom stereocenters. The van der Waals surface area contributed by atoms with Gasteiger partial charge in [-0.2, -0.15) is 9.98 Å². The molecule has 0 heterocycles. The number of benzene rings is 1. The van der Waals surface area contributed by atoms with Crippen molar-refractivity contribution in [2.45, 2.75) is 38.8 Å². The van der Waals surface area contributed by atoms with E-state index in [1.807, 2.05) is 52.0 Å². The van der Waals surface area contributed by atoms with Crippen molar-refractivity contribution < 1.29 is 28.9 Å². The van der Waals surface area contributed by atoms with Crippen molar-refractivity contribution in [2.24, 2.45) is 15.7 Å². The molecule has 0 aliphatic rings. The zero-order valence-electron chi connectivity index (χ0n) is 18.9. The second-order valence-corrected chi connectivity index (χ2v) is 7.45. The number of aliphatic imine (C=N–C) groups is 2. The van der Waals surface area contributed by atoms with E-state index in [1.165, 1.54) is 0 Å². The van der Waals surface area contributed by atoms with Crippen molar-refractivity contribution in [1.82, 2.24) is 0 Å². The Hall–Kier alpha value is -2.22. The zero-order chi connectivity index (χ0) is 23.6. The first kappa shape index (κ1) is 28.8. The van der Waals surface area contributed by atoms with Crippen molar-refractivity contribution >= 4 is 12.2 Å². The van der Waals surface area contributed by atoms with Crippen molar-refractivity contribution in [1.29, 1.82) is 0 Å². The normalized spacial score (nSPS) is 11.0. The molecule has 0 saturated carbocycles. The van der Waals surface area contributed by atoms with Gasteiger partial charge in [0.15, 0.2) is 0 Å². The molecule has 0 aliphatic heterocycles. The first-order chi connectivity index (χ1) is 14.7. The number of isocyanates is 2. The Morgan fingerprint density at radius 2 is 1.26 bits per heavy atom. The number of nitrogens with zero attached hydrogens (tertiary/aromatic N) is 2. The van der Waals surface area contributed by atoms with Crippen LogP contribution in [0.1, 0.15) is 38.8 Å². The summed E-state index contributed by atoms with van der Waals surface area (Å²) in [6.07, 6.45) is 3.16. The highest BCUT2D eigenvalue weighted by molar-refractivity contribution is 5.41. The van der Waals surface area contributed by atoms with Gasteiger partial charge in [-0.3, -0.25) is 0 Å². The van der Waals surface area contributed by atoms with Gasteiger partial charge >= 0.3 is 0 Å². The molecular formula is C22H35N3O6. The molecule has 0 bridgehead atoms. The van der Waals surface area contributed by atoms with Crippen LogP contribution in [0.15, 0.2) is 34.3 Å². The third-order valence-corrected chi connectivity index (χ3v) is 4.17. The van der Waals surface area contributed by atoms with Gasteiger partial charge in [0.2, 0.25) is 12.2 Å². The lowest BCUT2D eigenvalue weighted by Crippen LogP contribution is -2.18. The Bertz CT molecular complexity index is 656. The molecule has 0 aliphatic carbocycles. The predicted octanol–water partition coefficient (Wildman–Crippen LogP) is 1.82. The molecule has 9 nitrogen and oxygen atoms in total. The van der Waals surface area contributed by atoms with Gasteiger partial charge in [0, 0.05) is 6.54 Å². The van der Waals surface area contributed by atoms with Crippen LogP contribution in [0.2, 0.25) is 0 Å². The van der Waals surface area contributed by atoms with E-state index < -0.39 is 11.1 Å². The Labute approximate surface area is 184 Å². The molecule has 0 amide bonds. The van der Waals surface area contributed by atoms with Crippen LogP contribution in [0.5, 0.6) is 0 Å². The quantitative estimate of drug-likeness (QED) is 0.258. The summed E-state index contributed by atoms with van der Waals surface area (Å²) in [4.78, 5) is 28.4. The van der Waals surface area contributed by atoms with Gasteiger partial charge in [-0.25, -0.2) is 9.59 Å². The van der Waals surface area contributed by atoms with E-state index in [4.69, 9.17) is 25.1 Å².